The predicted octanol–water partition coefficient (Wildman–Crippen LogP) is 3.65. The molecule has 3 N–H and O–H groups in total. The van der Waals surface area contributed by atoms with E-state index in [0.29, 0.717) is 0 Å². The first-order valence-electron chi connectivity index (χ1n) is 7.72. The zero-order valence-electron chi connectivity index (χ0n) is 14.8. The van der Waals surface area contributed by atoms with Crippen LogP contribution in [0.25, 0.3) is 0 Å². The van der Waals surface area contributed by atoms with Crippen LogP contribution in [0, 0.1) is 23.3 Å². The van der Waals surface area contributed by atoms with E-state index in [1.165, 1.54) is 24.6 Å². The molecule has 0 atom stereocenters. The van der Waals surface area contributed by atoms with Crippen LogP contribution < -0.4 is 15.8 Å². The maximum Gasteiger partial charge on any atom is 0.422 e. The molecule has 0 bridgehead atoms. The van der Waals surface area contributed by atoms with Crippen molar-refractivity contribution in [1.29, 1.82) is 0 Å². The summed E-state index contributed by atoms with van der Waals surface area (Å²) in [5.74, 6) is -12.8. The van der Waals surface area contributed by atoms with Crippen LogP contribution in [0.5, 0.6) is 5.75 Å². The second-order valence-corrected chi connectivity index (χ2v) is 5.58. The number of nitrogens with one attached hydrogen (secondary N) is 1. The van der Waals surface area contributed by atoms with Gasteiger partial charge in [0.25, 0.3) is 5.91 Å². The Morgan fingerprint density at radius 2 is 1.60 bits per heavy atom. The van der Waals surface area contributed by atoms with E-state index < -0.39 is 59.2 Å². The lowest BCUT2D eigenvalue weighted by Gasteiger charge is -2.14. The Balaban J connectivity index is 2.15. The number of carbonyl (C=O) groups excluding carboxylic acids is 2. The van der Waals surface area contributed by atoms with Crippen LogP contribution in [0.2, 0.25) is 0 Å². The lowest BCUT2D eigenvalue weighted by Crippen LogP contribution is -2.24. The van der Waals surface area contributed by atoms with Crippen molar-refractivity contribution in [3.05, 3.63) is 52.6 Å². The fourth-order valence-corrected chi connectivity index (χ4v) is 2.24. The Morgan fingerprint density at radius 3 is 2.07 bits per heavy atom. The van der Waals surface area contributed by atoms with E-state index in [9.17, 15) is 40.3 Å². The first-order chi connectivity index (χ1) is 13.9. The summed E-state index contributed by atoms with van der Waals surface area (Å²) >= 11 is 0. The smallest absolute Gasteiger partial charge is 0.422 e. The van der Waals surface area contributed by atoms with E-state index in [4.69, 9.17) is 10.5 Å². The van der Waals surface area contributed by atoms with Crippen molar-refractivity contribution in [1.82, 2.24) is 0 Å². The number of rotatable bonds is 5. The molecule has 13 heteroatoms. The average Bonchev–Trinajstić information content (AvgIpc) is 2.66. The van der Waals surface area contributed by atoms with E-state index in [0.717, 1.165) is 6.07 Å². The molecule has 0 saturated carbocycles. The van der Waals surface area contributed by atoms with E-state index >= 15 is 0 Å². The van der Waals surface area contributed by atoms with Crippen LogP contribution in [-0.2, 0) is 15.7 Å². The number of hydrogen-bond donors (Lipinski definition) is 2. The molecule has 0 spiro atoms. The Hall–Kier alpha value is -3.51. The first-order valence-corrected chi connectivity index (χ1v) is 7.72. The zero-order valence-corrected chi connectivity index (χ0v) is 14.8. The number of hydrogen-bond acceptors (Lipinski definition) is 5. The zero-order chi connectivity index (χ0) is 22.8. The summed E-state index contributed by atoms with van der Waals surface area (Å²) in [6.45, 7) is -1.19. The minimum absolute atomic E-state index is 0.0521. The Morgan fingerprint density at radius 1 is 1.03 bits per heavy atom. The number of nitrogen functional groups attached to an aromatic ring is 1. The number of benzene rings is 2. The molecule has 0 aliphatic carbocycles. The molecule has 0 unspecified atom stereocenters. The number of methoxy groups -OCH3 is 1. The van der Waals surface area contributed by atoms with Gasteiger partial charge < -0.3 is 20.5 Å². The van der Waals surface area contributed by atoms with Gasteiger partial charge in [-0.3, -0.25) is 4.79 Å². The quantitative estimate of drug-likeness (QED) is 0.321. The van der Waals surface area contributed by atoms with Gasteiger partial charge in [0, 0.05) is 0 Å². The number of alkyl halides is 3. The fraction of sp³-hybridized carbons (Fsp3) is 0.176. The molecule has 0 heterocycles. The summed E-state index contributed by atoms with van der Waals surface area (Å²) < 4.78 is 102. The van der Waals surface area contributed by atoms with Gasteiger partial charge in [-0.05, 0) is 18.2 Å². The van der Waals surface area contributed by atoms with Gasteiger partial charge in [0.15, 0.2) is 29.9 Å². The molecule has 0 aliphatic heterocycles. The standard InChI is InChI=1S/C17H11F7N2O4/c1-29-8-3-2-6(4-7(8)25)16(28)30-5-9(27)26-15-13(20)11(18)10(17(22,23)24)12(19)14(15)21/h2-4H,5,25H2,1H3,(H,26,27). The molecule has 0 aliphatic rings. The van der Waals surface area contributed by atoms with Gasteiger partial charge in [0.05, 0.1) is 18.4 Å². The molecule has 0 saturated heterocycles. The molecule has 1 amide bonds. The fourth-order valence-electron chi connectivity index (χ4n) is 2.24. The van der Waals surface area contributed by atoms with Crippen molar-refractivity contribution in [3.8, 4) is 5.75 Å². The second-order valence-electron chi connectivity index (χ2n) is 5.58. The highest BCUT2D eigenvalue weighted by Gasteiger charge is 2.42. The number of esters is 1. The maximum absolute atomic E-state index is 13.7. The first kappa shape index (κ1) is 22.8. The molecule has 2 aromatic rings. The van der Waals surface area contributed by atoms with Crippen molar-refractivity contribution in [2.45, 2.75) is 6.18 Å². The minimum Gasteiger partial charge on any atom is -0.495 e. The van der Waals surface area contributed by atoms with Crippen molar-refractivity contribution in [2.24, 2.45) is 0 Å². The molecular weight excluding hydrogens is 429 g/mol. The molecule has 6 nitrogen and oxygen atoms in total. The van der Waals surface area contributed by atoms with Gasteiger partial charge in [0.2, 0.25) is 0 Å². The normalized spacial score (nSPS) is 11.2. The van der Waals surface area contributed by atoms with Gasteiger partial charge in [-0.1, -0.05) is 0 Å². The van der Waals surface area contributed by atoms with Crippen molar-refractivity contribution >= 4 is 23.3 Å². The Bertz CT molecular complexity index is 980. The summed E-state index contributed by atoms with van der Waals surface area (Å²) in [6.07, 6.45) is -5.73. The van der Waals surface area contributed by atoms with Gasteiger partial charge in [-0.15, -0.1) is 0 Å². The Labute approximate surface area is 163 Å². The van der Waals surface area contributed by atoms with Gasteiger partial charge in [-0.25, -0.2) is 22.4 Å². The number of ether oxygens (including phenoxy) is 2. The van der Waals surface area contributed by atoms with Gasteiger partial charge in [-0.2, -0.15) is 13.2 Å². The number of amides is 1. The van der Waals surface area contributed by atoms with Crippen molar-refractivity contribution in [3.63, 3.8) is 0 Å². The monoisotopic (exact) mass is 440 g/mol. The second kappa shape index (κ2) is 8.47. The SMILES string of the molecule is COc1ccc(C(=O)OCC(=O)Nc2c(F)c(F)c(C(F)(F)F)c(F)c2F)cc1N. The average molecular weight is 440 g/mol. The molecule has 162 valence electrons. The highest BCUT2D eigenvalue weighted by molar-refractivity contribution is 5.96. The summed E-state index contributed by atoms with van der Waals surface area (Å²) in [5.41, 5.74) is 0.899. The molecule has 30 heavy (non-hydrogen) atoms. The van der Waals surface area contributed by atoms with Crippen LogP contribution in [0.1, 0.15) is 15.9 Å². The van der Waals surface area contributed by atoms with Gasteiger partial charge >= 0.3 is 12.1 Å². The summed E-state index contributed by atoms with van der Waals surface area (Å²) in [4.78, 5) is 23.5. The third-order valence-corrected chi connectivity index (χ3v) is 3.61. The Kier molecular flexibility index (Phi) is 6.43. The lowest BCUT2D eigenvalue weighted by atomic mass is 10.1. The minimum atomic E-state index is -5.73. The molecular formula is C17H11F7N2O4. The summed E-state index contributed by atoms with van der Waals surface area (Å²) in [6, 6.07) is 3.67. The lowest BCUT2D eigenvalue weighted by molar-refractivity contribution is -0.143. The van der Waals surface area contributed by atoms with Gasteiger partial charge in [0.1, 0.15) is 17.0 Å². The number of halogens is 7. The molecule has 2 aromatic carbocycles. The van der Waals surface area contributed by atoms with E-state index in [-0.39, 0.29) is 17.0 Å². The van der Waals surface area contributed by atoms with Crippen LogP contribution >= 0.6 is 0 Å². The topological polar surface area (TPSA) is 90.6 Å². The highest BCUT2D eigenvalue weighted by atomic mass is 19.4. The highest BCUT2D eigenvalue weighted by Crippen LogP contribution is 2.38. The summed E-state index contributed by atoms with van der Waals surface area (Å²) in [5, 5.41) is 1.32. The predicted molar refractivity (Wildman–Crippen MR) is 87.6 cm³/mol. The van der Waals surface area contributed by atoms with Crippen LogP contribution in [0.15, 0.2) is 18.2 Å². The van der Waals surface area contributed by atoms with Crippen LogP contribution in [0.3, 0.4) is 0 Å². The number of anilines is 2. The number of carbonyl (C=O) groups is 2. The van der Waals surface area contributed by atoms with Crippen molar-refractivity contribution in [2.75, 3.05) is 24.8 Å². The molecule has 0 fully saturated rings. The van der Waals surface area contributed by atoms with E-state index in [1.54, 1.807) is 0 Å². The molecule has 2 rings (SSSR count). The third-order valence-electron chi connectivity index (χ3n) is 3.61. The van der Waals surface area contributed by atoms with Crippen LogP contribution in [0.4, 0.5) is 42.1 Å². The van der Waals surface area contributed by atoms with E-state index in [2.05, 4.69) is 4.74 Å². The maximum atomic E-state index is 13.7. The van der Waals surface area contributed by atoms with E-state index in [1.807, 2.05) is 0 Å². The molecule has 0 radical (unpaired) electrons. The number of nitrogens with two attached hydrogens (primary N) is 1. The van der Waals surface area contributed by atoms with Crippen LogP contribution in [-0.4, -0.2) is 25.6 Å². The third kappa shape index (κ3) is 4.55. The summed E-state index contributed by atoms with van der Waals surface area (Å²) in [7, 11) is 1.32. The molecule has 0 aromatic heterocycles. The largest absolute Gasteiger partial charge is 0.495 e. The van der Waals surface area contributed by atoms with Crippen molar-refractivity contribution < 1.29 is 49.8 Å².